The Hall–Kier alpha value is -2.08. The van der Waals surface area contributed by atoms with Crippen molar-refractivity contribution in [3.63, 3.8) is 0 Å². The second-order valence-corrected chi connectivity index (χ2v) is 6.58. The molecule has 1 amide bonds. The van der Waals surface area contributed by atoms with Crippen LogP contribution in [0.1, 0.15) is 38.3 Å². The number of carbonyl (C=O) groups is 2. The molecular formula is C17H25NO5. The van der Waals surface area contributed by atoms with Crippen molar-refractivity contribution in [2.45, 2.75) is 45.1 Å². The maximum Gasteiger partial charge on any atom is 0.407 e. The maximum absolute atomic E-state index is 11.9. The third-order valence-electron chi connectivity index (χ3n) is 3.49. The van der Waals surface area contributed by atoms with E-state index in [0.29, 0.717) is 5.56 Å². The summed E-state index contributed by atoms with van der Waals surface area (Å²) >= 11 is 0. The number of benzene rings is 1. The van der Waals surface area contributed by atoms with E-state index in [9.17, 15) is 19.8 Å². The molecule has 0 spiro atoms. The van der Waals surface area contributed by atoms with E-state index in [2.05, 4.69) is 5.32 Å². The summed E-state index contributed by atoms with van der Waals surface area (Å²) in [6.45, 7) is 6.61. The highest BCUT2D eigenvalue weighted by Crippen LogP contribution is 2.28. The molecule has 0 fully saturated rings. The third-order valence-corrected chi connectivity index (χ3v) is 3.49. The van der Waals surface area contributed by atoms with Crippen molar-refractivity contribution in [2.24, 2.45) is 0 Å². The summed E-state index contributed by atoms with van der Waals surface area (Å²) in [5.74, 6) is -1.11. The zero-order valence-corrected chi connectivity index (χ0v) is 14.0. The number of amides is 1. The first-order chi connectivity index (χ1) is 10.6. The summed E-state index contributed by atoms with van der Waals surface area (Å²) in [7, 11) is 0. The van der Waals surface area contributed by atoms with E-state index in [1.807, 2.05) is 6.92 Å². The molecule has 0 heterocycles. The normalized spacial score (nSPS) is 14.0. The Balaban J connectivity index is 3.03. The van der Waals surface area contributed by atoms with Crippen molar-refractivity contribution in [3.8, 4) is 0 Å². The molecule has 0 aliphatic carbocycles. The Bertz CT molecular complexity index is 547. The molecule has 1 unspecified atom stereocenters. The molecule has 1 aromatic carbocycles. The van der Waals surface area contributed by atoms with Crippen LogP contribution in [-0.4, -0.2) is 41.0 Å². The molecule has 1 aromatic rings. The smallest absolute Gasteiger partial charge is 0.407 e. The van der Waals surface area contributed by atoms with E-state index in [1.165, 1.54) is 0 Å². The predicted octanol–water partition coefficient (Wildman–Crippen LogP) is 2.22. The Morgan fingerprint density at radius 1 is 1.17 bits per heavy atom. The van der Waals surface area contributed by atoms with Crippen LogP contribution < -0.4 is 5.32 Å². The van der Waals surface area contributed by atoms with Crippen LogP contribution in [0.4, 0.5) is 4.79 Å². The van der Waals surface area contributed by atoms with Crippen molar-refractivity contribution >= 4 is 12.1 Å². The van der Waals surface area contributed by atoms with E-state index in [1.54, 1.807) is 45.0 Å². The number of aryl methyl sites for hydroxylation is 1. The fraction of sp³-hybridized carbons (Fsp3) is 0.529. The van der Waals surface area contributed by atoms with Gasteiger partial charge in [0, 0.05) is 13.2 Å². The quantitative estimate of drug-likeness (QED) is 0.746. The molecular weight excluding hydrogens is 298 g/mol. The highest BCUT2D eigenvalue weighted by molar-refractivity contribution is 5.82. The van der Waals surface area contributed by atoms with E-state index in [0.717, 1.165) is 5.56 Å². The minimum absolute atomic E-state index is 0.0127. The first-order valence-corrected chi connectivity index (χ1v) is 7.49. The van der Waals surface area contributed by atoms with Gasteiger partial charge in [0.25, 0.3) is 0 Å². The number of ether oxygens (including phenoxy) is 1. The van der Waals surface area contributed by atoms with Crippen LogP contribution in [0.3, 0.4) is 0 Å². The van der Waals surface area contributed by atoms with Crippen LogP contribution in [0.2, 0.25) is 0 Å². The van der Waals surface area contributed by atoms with Gasteiger partial charge in [0.2, 0.25) is 0 Å². The lowest BCUT2D eigenvalue weighted by Crippen LogP contribution is -2.48. The predicted molar refractivity (Wildman–Crippen MR) is 86.4 cm³/mol. The van der Waals surface area contributed by atoms with Crippen molar-refractivity contribution in [2.75, 3.05) is 13.2 Å². The molecule has 3 N–H and O–H groups in total. The lowest BCUT2D eigenvalue weighted by molar-refractivity contribution is -0.144. The standard InChI is InChI=1S/C17H25NO5/c1-12-5-7-13(8-6-12)17(9-10-19,14(20)21)11-18-15(22)23-16(2,3)4/h5-8,19H,9-11H2,1-4H3,(H,18,22)(H,20,21). The van der Waals surface area contributed by atoms with Crippen LogP contribution in [0, 0.1) is 6.92 Å². The number of aliphatic hydroxyl groups is 1. The number of hydrogen-bond acceptors (Lipinski definition) is 4. The zero-order chi connectivity index (χ0) is 17.7. The number of nitrogens with one attached hydrogen (secondary N) is 1. The average molecular weight is 323 g/mol. The van der Waals surface area contributed by atoms with Crippen LogP contribution >= 0.6 is 0 Å². The van der Waals surface area contributed by atoms with Crippen molar-refractivity contribution in [1.82, 2.24) is 5.32 Å². The molecule has 6 heteroatoms. The van der Waals surface area contributed by atoms with E-state index in [-0.39, 0.29) is 19.6 Å². The lowest BCUT2D eigenvalue weighted by Gasteiger charge is -2.30. The number of carboxylic acid groups (broad SMARTS) is 1. The molecule has 1 rings (SSSR count). The second-order valence-electron chi connectivity index (χ2n) is 6.58. The molecule has 0 aliphatic heterocycles. The monoisotopic (exact) mass is 323 g/mol. The van der Waals surface area contributed by atoms with Crippen molar-refractivity contribution in [3.05, 3.63) is 35.4 Å². The van der Waals surface area contributed by atoms with Gasteiger partial charge in [0.05, 0.1) is 0 Å². The maximum atomic E-state index is 11.9. The minimum Gasteiger partial charge on any atom is -0.481 e. The molecule has 0 aromatic heterocycles. The summed E-state index contributed by atoms with van der Waals surface area (Å²) in [5.41, 5.74) is -0.547. The molecule has 0 bridgehead atoms. The number of hydrogen-bond donors (Lipinski definition) is 3. The van der Waals surface area contributed by atoms with Gasteiger partial charge in [0.1, 0.15) is 11.0 Å². The number of carbonyl (C=O) groups excluding carboxylic acids is 1. The Morgan fingerprint density at radius 2 is 1.74 bits per heavy atom. The molecule has 23 heavy (non-hydrogen) atoms. The van der Waals surface area contributed by atoms with Gasteiger partial charge in [-0.25, -0.2) is 4.79 Å². The fourth-order valence-electron chi connectivity index (χ4n) is 2.24. The Morgan fingerprint density at radius 3 is 2.17 bits per heavy atom. The molecule has 0 aliphatic rings. The van der Waals surface area contributed by atoms with E-state index in [4.69, 9.17) is 4.74 Å². The number of carboxylic acids is 1. The van der Waals surface area contributed by atoms with Crippen molar-refractivity contribution < 1.29 is 24.5 Å². The Labute approximate surface area is 136 Å². The molecule has 128 valence electrons. The number of rotatable bonds is 6. The highest BCUT2D eigenvalue weighted by atomic mass is 16.6. The SMILES string of the molecule is Cc1ccc(C(CCO)(CNC(=O)OC(C)(C)C)C(=O)O)cc1. The van der Waals surface area contributed by atoms with Crippen LogP contribution in [0.5, 0.6) is 0 Å². The zero-order valence-electron chi connectivity index (χ0n) is 14.0. The second kappa shape index (κ2) is 7.46. The highest BCUT2D eigenvalue weighted by Gasteiger charge is 2.40. The third kappa shape index (κ3) is 5.25. The molecule has 0 saturated heterocycles. The van der Waals surface area contributed by atoms with Gasteiger partial charge in [-0.3, -0.25) is 4.79 Å². The first-order valence-electron chi connectivity index (χ1n) is 7.49. The fourth-order valence-corrected chi connectivity index (χ4v) is 2.24. The molecule has 1 atom stereocenters. The first kappa shape index (κ1) is 19.0. The number of aliphatic carboxylic acids is 1. The van der Waals surface area contributed by atoms with Crippen LogP contribution in [0.15, 0.2) is 24.3 Å². The lowest BCUT2D eigenvalue weighted by atomic mass is 9.77. The largest absolute Gasteiger partial charge is 0.481 e. The van der Waals surface area contributed by atoms with Gasteiger partial charge in [-0.15, -0.1) is 0 Å². The molecule has 0 radical (unpaired) electrons. The number of aliphatic hydroxyl groups excluding tert-OH is 1. The van der Waals surface area contributed by atoms with Gasteiger partial charge in [-0.2, -0.15) is 0 Å². The molecule has 0 saturated carbocycles. The Kier molecular flexibility index (Phi) is 6.15. The van der Waals surface area contributed by atoms with E-state index < -0.39 is 23.1 Å². The number of alkyl carbamates (subject to hydrolysis) is 1. The van der Waals surface area contributed by atoms with Gasteiger partial charge in [0.15, 0.2) is 0 Å². The minimum atomic E-state index is -1.40. The molecule has 6 nitrogen and oxygen atoms in total. The van der Waals surface area contributed by atoms with Gasteiger partial charge >= 0.3 is 12.1 Å². The van der Waals surface area contributed by atoms with Crippen LogP contribution in [0.25, 0.3) is 0 Å². The van der Waals surface area contributed by atoms with Gasteiger partial charge in [-0.05, 0) is 39.7 Å². The van der Waals surface area contributed by atoms with Crippen LogP contribution in [-0.2, 0) is 14.9 Å². The topological polar surface area (TPSA) is 95.9 Å². The van der Waals surface area contributed by atoms with Gasteiger partial charge in [-0.1, -0.05) is 29.8 Å². The summed E-state index contributed by atoms with van der Waals surface area (Å²) in [5, 5.41) is 21.5. The summed E-state index contributed by atoms with van der Waals surface area (Å²) in [4.78, 5) is 23.7. The summed E-state index contributed by atoms with van der Waals surface area (Å²) in [6.07, 6.45) is -0.700. The average Bonchev–Trinajstić information content (AvgIpc) is 2.42. The summed E-state index contributed by atoms with van der Waals surface area (Å²) in [6, 6.07) is 7.02. The van der Waals surface area contributed by atoms with Crippen molar-refractivity contribution in [1.29, 1.82) is 0 Å². The van der Waals surface area contributed by atoms with E-state index >= 15 is 0 Å². The summed E-state index contributed by atoms with van der Waals surface area (Å²) < 4.78 is 5.14. The van der Waals surface area contributed by atoms with Gasteiger partial charge < -0.3 is 20.3 Å².